The first kappa shape index (κ1) is 14.6. The van der Waals surface area contributed by atoms with Crippen molar-refractivity contribution in [2.24, 2.45) is 17.6 Å². The Labute approximate surface area is 129 Å². The first-order valence-corrected chi connectivity index (χ1v) is 8.28. The lowest BCUT2D eigenvalue weighted by Gasteiger charge is -2.32. The standard InChI is InChI=1S/C15H21ClIN/c1-2-10-4-3-5-11(8-10)15(18)12-6-7-14(17)13(16)9-12/h6-7,9-11,15H,2-5,8,18H2,1H3. The topological polar surface area (TPSA) is 26.0 Å². The van der Waals surface area contributed by atoms with E-state index in [9.17, 15) is 0 Å². The van der Waals surface area contributed by atoms with E-state index in [0.717, 1.165) is 14.5 Å². The van der Waals surface area contributed by atoms with Crippen LogP contribution in [0.3, 0.4) is 0 Å². The van der Waals surface area contributed by atoms with Crippen LogP contribution in [-0.4, -0.2) is 0 Å². The van der Waals surface area contributed by atoms with Gasteiger partial charge in [0.1, 0.15) is 0 Å². The van der Waals surface area contributed by atoms with Crippen LogP contribution in [0.25, 0.3) is 0 Å². The molecule has 0 saturated heterocycles. The van der Waals surface area contributed by atoms with Crippen LogP contribution in [0.15, 0.2) is 18.2 Å². The largest absolute Gasteiger partial charge is 0.324 e. The molecular formula is C15H21ClIN. The third-order valence-electron chi connectivity index (χ3n) is 4.24. The van der Waals surface area contributed by atoms with Gasteiger partial charge in [0.15, 0.2) is 0 Å². The minimum Gasteiger partial charge on any atom is -0.324 e. The van der Waals surface area contributed by atoms with Crippen molar-refractivity contribution in [3.05, 3.63) is 32.4 Å². The van der Waals surface area contributed by atoms with Gasteiger partial charge in [-0.15, -0.1) is 0 Å². The molecular weight excluding hydrogens is 357 g/mol. The zero-order valence-corrected chi connectivity index (χ0v) is 13.7. The maximum atomic E-state index is 6.44. The second-order valence-corrected chi connectivity index (χ2v) is 6.97. The summed E-state index contributed by atoms with van der Waals surface area (Å²) < 4.78 is 1.10. The molecule has 0 bridgehead atoms. The Hall–Kier alpha value is 0.200. The van der Waals surface area contributed by atoms with E-state index in [4.69, 9.17) is 17.3 Å². The fourth-order valence-electron chi connectivity index (χ4n) is 3.02. The molecule has 1 aliphatic rings. The molecule has 100 valence electrons. The molecule has 1 aromatic carbocycles. The molecule has 3 atom stereocenters. The Kier molecular flexibility index (Phi) is 5.34. The van der Waals surface area contributed by atoms with Gasteiger partial charge in [-0.3, -0.25) is 0 Å². The van der Waals surface area contributed by atoms with Gasteiger partial charge < -0.3 is 5.73 Å². The summed E-state index contributed by atoms with van der Waals surface area (Å²) in [7, 11) is 0. The van der Waals surface area contributed by atoms with Crippen LogP contribution in [0.1, 0.15) is 50.6 Å². The molecule has 1 aromatic rings. The fourth-order valence-corrected chi connectivity index (χ4v) is 3.55. The van der Waals surface area contributed by atoms with Crippen molar-refractivity contribution in [3.63, 3.8) is 0 Å². The van der Waals surface area contributed by atoms with Gasteiger partial charge in [-0.25, -0.2) is 0 Å². The van der Waals surface area contributed by atoms with Crippen molar-refractivity contribution in [1.29, 1.82) is 0 Å². The maximum Gasteiger partial charge on any atom is 0.0542 e. The first-order valence-electron chi connectivity index (χ1n) is 6.82. The molecule has 1 fully saturated rings. The van der Waals surface area contributed by atoms with Crippen molar-refractivity contribution >= 4 is 34.2 Å². The van der Waals surface area contributed by atoms with E-state index in [2.05, 4.69) is 41.6 Å². The van der Waals surface area contributed by atoms with Crippen LogP contribution >= 0.6 is 34.2 Å². The fraction of sp³-hybridized carbons (Fsp3) is 0.600. The summed E-state index contributed by atoms with van der Waals surface area (Å²) in [5.41, 5.74) is 7.64. The summed E-state index contributed by atoms with van der Waals surface area (Å²) in [6.07, 6.45) is 6.54. The van der Waals surface area contributed by atoms with Crippen molar-refractivity contribution in [2.75, 3.05) is 0 Å². The van der Waals surface area contributed by atoms with E-state index >= 15 is 0 Å². The summed E-state index contributed by atoms with van der Waals surface area (Å²) in [6.45, 7) is 2.29. The summed E-state index contributed by atoms with van der Waals surface area (Å²) in [4.78, 5) is 0. The molecule has 0 heterocycles. The molecule has 3 heteroatoms. The molecule has 0 radical (unpaired) electrons. The molecule has 1 aliphatic carbocycles. The molecule has 0 amide bonds. The number of benzene rings is 1. The van der Waals surface area contributed by atoms with Gasteiger partial charge in [0.2, 0.25) is 0 Å². The zero-order valence-electron chi connectivity index (χ0n) is 10.8. The van der Waals surface area contributed by atoms with E-state index in [1.54, 1.807) is 0 Å². The summed E-state index contributed by atoms with van der Waals surface area (Å²) in [5, 5.41) is 0.825. The van der Waals surface area contributed by atoms with Crippen LogP contribution in [0, 0.1) is 15.4 Å². The van der Waals surface area contributed by atoms with Gasteiger partial charge in [-0.05, 0) is 65.0 Å². The predicted molar refractivity (Wildman–Crippen MR) is 86.8 cm³/mol. The van der Waals surface area contributed by atoms with Crippen molar-refractivity contribution < 1.29 is 0 Å². The number of halogens is 2. The van der Waals surface area contributed by atoms with Crippen molar-refractivity contribution in [1.82, 2.24) is 0 Å². The Morgan fingerprint density at radius 1 is 1.44 bits per heavy atom. The van der Waals surface area contributed by atoms with Crippen LogP contribution in [-0.2, 0) is 0 Å². The molecule has 2 N–H and O–H groups in total. The molecule has 0 aromatic heterocycles. The third-order valence-corrected chi connectivity index (χ3v) is 5.81. The molecule has 0 spiro atoms. The van der Waals surface area contributed by atoms with Gasteiger partial charge >= 0.3 is 0 Å². The highest BCUT2D eigenvalue weighted by molar-refractivity contribution is 14.1. The van der Waals surface area contributed by atoms with Crippen LogP contribution in [0.5, 0.6) is 0 Å². The van der Waals surface area contributed by atoms with E-state index in [0.29, 0.717) is 5.92 Å². The monoisotopic (exact) mass is 377 g/mol. The number of rotatable bonds is 3. The van der Waals surface area contributed by atoms with Gasteiger partial charge in [0.25, 0.3) is 0 Å². The number of hydrogen-bond acceptors (Lipinski definition) is 1. The Bertz CT molecular complexity index is 407. The Morgan fingerprint density at radius 2 is 2.22 bits per heavy atom. The van der Waals surface area contributed by atoms with E-state index in [1.165, 1.54) is 37.7 Å². The predicted octanol–water partition coefficient (Wildman–Crippen LogP) is 5.16. The van der Waals surface area contributed by atoms with Crippen molar-refractivity contribution in [2.45, 2.75) is 45.1 Å². The summed E-state index contributed by atoms with van der Waals surface area (Å²) in [5.74, 6) is 1.49. The molecule has 1 saturated carbocycles. The minimum atomic E-state index is 0.147. The molecule has 2 rings (SSSR count). The van der Waals surface area contributed by atoms with E-state index in [-0.39, 0.29) is 6.04 Å². The van der Waals surface area contributed by atoms with E-state index in [1.807, 2.05) is 6.07 Å². The minimum absolute atomic E-state index is 0.147. The quantitative estimate of drug-likeness (QED) is 0.723. The first-order chi connectivity index (χ1) is 8.61. The smallest absolute Gasteiger partial charge is 0.0542 e. The summed E-state index contributed by atoms with van der Waals surface area (Å²) in [6, 6.07) is 6.39. The second-order valence-electron chi connectivity index (χ2n) is 5.40. The summed E-state index contributed by atoms with van der Waals surface area (Å²) >= 11 is 8.45. The van der Waals surface area contributed by atoms with Gasteiger partial charge in [0.05, 0.1) is 5.02 Å². The van der Waals surface area contributed by atoms with Gasteiger partial charge in [-0.1, -0.05) is 43.9 Å². The van der Waals surface area contributed by atoms with Crippen LogP contribution in [0.4, 0.5) is 0 Å². The highest BCUT2D eigenvalue weighted by Gasteiger charge is 2.26. The highest BCUT2D eigenvalue weighted by atomic mass is 127. The van der Waals surface area contributed by atoms with Crippen LogP contribution in [0.2, 0.25) is 5.02 Å². The average molecular weight is 378 g/mol. The second kappa shape index (κ2) is 6.58. The lowest BCUT2D eigenvalue weighted by molar-refractivity contribution is 0.230. The lowest BCUT2D eigenvalue weighted by Crippen LogP contribution is -2.26. The Morgan fingerprint density at radius 3 is 2.89 bits per heavy atom. The van der Waals surface area contributed by atoms with E-state index < -0.39 is 0 Å². The molecule has 1 nitrogen and oxygen atoms in total. The maximum absolute atomic E-state index is 6.44. The molecule has 18 heavy (non-hydrogen) atoms. The Balaban J connectivity index is 2.10. The lowest BCUT2D eigenvalue weighted by atomic mass is 9.75. The van der Waals surface area contributed by atoms with Crippen LogP contribution < -0.4 is 5.73 Å². The normalized spacial score (nSPS) is 26.0. The highest BCUT2D eigenvalue weighted by Crippen LogP contribution is 2.38. The van der Waals surface area contributed by atoms with Gasteiger partial charge in [0, 0.05) is 9.61 Å². The zero-order chi connectivity index (χ0) is 13.1. The molecule has 0 aliphatic heterocycles. The number of hydrogen-bond donors (Lipinski definition) is 1. The average Bonchev–Trinajstić information content (AvgIpc) is 2.41. The molecule has 3 unspecified atom stereocenters. The SMILES string of the molecule is CCC1CCCC(C(N)c2ccc(I)c(Cl)c2)C1. The number of nitrogens with two attached hydrogens (primary N) is 1. The van der Waals surface area contributed by atoms with Gasteiger partial charge in [-0.2, -0.15) is 0 Å². The third kappa shape index (κ3) is 3.40. The van der Waals surface area contributed by atoms with Crippen molar-refractivity contribution in [3.8, 4) is 0 Å².